The van der Waals surface area contributed by atoms with Gasteiger partial charge < -0.3 is 20.3 Å². The Morgan fingerprint density at radius 2 is 2.14 bits per heavy atom. The van der Waals surface area contributed by atoms with E-state index in [9.17, 15) is 4.79 Å². The number of morpholine rings is 1. The number of halogens is 2. The van der Waals surface area contributed by atoms with Crippen LogP contribution in [0.5, 0.6) is 0 Å². The third kappa shape index (κ3) is 7.47. The summed E-state index contributed by atoms with van der Waals surface area (Å²) in [4.78, 5) is 14.4. The molecule has 2 N–H and O–H groups in total. The Labute approximate surface area is 146 Å². The van der Waals surface area contributed by atoms with Crippen molar-refractivity contribution in [2.75, 3.05) is 39.4 Å². The Hall–Kier alpha value is -0.0700. The van der Waals surface area contributed by atoms with E-state index in [1.165, 1.54) is 38.8 Å². The average Bonchev–Trinajstić information content (AvgIpc) is 2.49. The van der Waals surface area contributed by atoms with Gasteiger partial charge in [-0.25, -0.2) is 0 Å². The molecular weight excluding hydrogens is 325 g/mol. The summed E-state index contributed by atoms with van der Waals surface area (Å²) >= 11 is 0. The maximum absolute atomic E-state index is 11.9. The quantitative estimate of drug-likeness (QED) is 0.710. The van der Waals surface area contributed by atoms with Gasteiger partial charge in [0.15, 0.2) is 0 Å². The molecule has 22 heavy (non-hydrogen) atoms. The zero-order valence-corrected chi connectivity index (χ0v) is 15.1. The number of hydrogen-bond acceptors (Lipinski definition) is 4. The second-order valence-corrected chi connectivity index (χ2v) is 5.96. The van der Waals surface area contributed by atoms with Crippen LogP contribution in [-0.4, -0.2) is 62.3 Å². The van der Waals surface area contributed by atoms with Crippen molar-refractivity contribution in [2.24, 2.45) is 0 Å². The molecule has 132 valence electrons. The van der Waals surface area contributed by atoms with Crippen LogP contribution < -0.4 is 10.6 Å². The molecule has 0 aliphatic carbocycles. The summed E-state index contributed by atoms with van der Waals surface area (Å²) < 4.78 is 5.29. The lowest BCUT2D eigenvalue weighted by molar-refractivity contribution is -0.125. The van der Waals surface area contributed by atoms with Gasteiger partial charge in [0.05, 0.1) is 13.2 Å². The zero-order valence-electron chi connectivity index (χ0n) is 13.5. The predicted molar refractivity (Wildman–Crippen MR) is 94.2 cm³/mol. The van der Waals surface area contributed by atoms with Crippen molar-refractivity contribution < 1.29 is 9.53 Å². The molecule has 2 heterocycles. The first-order valence-corrected chi connectivity index (χ1v) is 8.10. The van der Waals surface area contributed by atoms with Gasteiger partial charge in [-0.1, -0.05) is 6.42 Å². The van der Waals surface area contributed by atoms with Crippen LogP contribution in [0.15, 0.2) is 0 Å². The predicted octanol–water partition coefficient (Wildman–Crippen LogP) is 1.59. The number of unbranched alkanes of at least 4 members (excludes halogenated alkanes) is 1. The molecular formula is C15H31Cl2N3O2. The number of carbonyl (C=O) groups is 1. The largest absolute Gasteiger partial charge is 0.378 e. The van der Waals surface area contributed by atoms with Gasteiger partial charge >= 0.3 is 0 Å². The third-order valence-corrected chi connectivity index (χ3v) is 4.35. The molecule has 0 aromatic rings. The maximum Gasteiger partial charge on any atom is 0.239 e. The summed E-state index contributed by atoms with van der Waals surface area (Å²) in [5, 5.41) is 6.17. The molecule has 2 rings (SSSR count). The van der Waals surface area contributed by atoms with Crippen molar-refractivity contribution in [3.63, 3.8) is 0 Å². The van der Waals surface area contributed by atoms with Crippen LogP contribution in [0.1, 0.15) is 39.0 Å². The van der Waals surface area contributed by atoms with Crippen LogP contribution in [0.2, 0.25) is 0 Å². The fourth-order valence-electron chi connectivity index (χ4n) is 3.00. The molecule has 7 heteroatoms. The molecule has 0 aromatic carbocycles. The van der Waals surface area contributed by atoms with Gasteiger partial charge in [-0.3, -0.25) is 4.79 Å². The summed E-state index contributed by atoms with van der Waals surface area (Å²) in [7, 11) is 0. The van der Waals surface area contributed by atoms with E-state index in [1.807, 2.05) is 0 Å². The number of piperidine rings is 1. The standard InChI is InChI=1S/C15H29N3O2.2ClH/c1-13-6-2-4-9-18(13)10-5-3-7-17-15(19)14-12-20-11-8-16-14;;/h13-14,16H,2-12H2,1H3,(H,17,19);2*1H. The molecule has 2 atom stereocenters. The van der Waals surface area contributed by atoms with Gasteiger partial charge in [-0.2, -0.15) is 0 Å². The van der Waals surface area contributed by atoms with Crippen LogP contribution in [0, 0.1) is 0 Å². The van der Waals surface area contributed by atoms with Gasteiger partial charge in [0.2, 0.25) is 5.91 Å². The number of carbonyl (C=O) groups excluding carboxylic acids is 1. The topological polar surface area (TPSA) is 53.6 Å². The van der Waals surface area contributed by atoms with Gasteiger partial charge in [0, 0.05) is 19.1 Å². The van der Waals surface area contributed by atoms with Crippen molar-refractivity contribution in [3.8, 4) is 0 Å². The van der Waals surface area contributed by atoms with Crippen molar-refractivity contribution in [1.29, 1.82) is 0 Å². The number of likely N-dealkylation sites (tertiary alicyclic amines) is 1. The molecule has 2 aliphatic heterocycles. The molecule has 0 spiro atoms. The number of amides is 1. The fraction of sp³-hybridized carbons (Fsp3) is 0.933. The van der Waals surface area contributed by atoms with E-state index >= 15 is 0 Å². The van der Waals surface area contributed by atoms with E-state index in [0.29, 0.717) is 13.2 Å². The molecule has 1 amide bonds. The van der Waals surface area contributed by atoms with Crippen LogP contribution in [0.4, 0.5) is 0 Å². The molecule has 0 aromatic heterocycles. The second kappa shape index (κ2) is 12.4. The van der Waals surface area contributed by atoms with E-state index < -0.39 is 0 Å². The second-order valence-electron chi connectivity index (χ2n) is 5.96. The Balaban J connectivity index is 0.00000220. The Bertz CT molecular complexity index is 303. The molecule has 2 fully saturated rings. The van der Waals surface area contributed by atoms with Crippen LogP contribution in [0.3, 0.4) is 0 Å². The first-order chi connectivity index (χ1) is 9.77. The average molecular weight is 356 g/mol. The number of nitrogens with zero attached hydrogens (tertiary/aromatic N) is 1. The highest BCUT2D eigenvalue weighted by atomic mass is 35.5. The molecule has 5 nitrogen and oxygen atoms in total. The minimum Gasteiger partial charge on any atom is -0.378 e. The lowest BCUT2D eigenvalue weighted by atomic mass is 10.0. The highest BCUT2D eigenvalue weighted by Crippen LogP contribution is 2.16. The first kappa shape index (κ1) is 21.9. The van der Waals surface area contributed by atoms with Gasteiger partial charge in [0.25, 0.3) is 0 Å². The monoisotopic (exact) mass is 355 g/mol. The van der Waals surface area contributed by atoms with Crippen molar-refractivity contribution in [2.45, 2.75) is 51.1 Å². The molecule has 2 unspecified atom stereocenters. The summed E-state index contributed by atoms with van der Waals surface area (Å²) in [6, 6.07) is 0.577. The first-order valence-electron chi connectivity index (χ1n) is 8.10. The van der Waals surface area contributed by atoms with E-state index in [-0.39, 0.29) is 36.8 Å². The normalized spacial score (nSPS) is 25.7. The van der Waals surface area contributed by atoms with Crippen molar-refractivity contribution >= 4 is 30.7 Å². The Morgan fingerprint density at radius 1 is 1.32 bits per heavy atom. The van der Waals surface area contributed by atoms with E-state index in [2.05, 4.69) is 22.5 Å². The fourth-order valence-corrected chi connectivity index (χ4v) is 3.00. The van der Waals surface area contributed by atoms with Gasteiger partial charge in [-0.15, -0.1) is 24.8 Å². The van der Waals surface area contributed by atoms with Crippen molar-refractivity contribution in [1.82, 2.24) is 15.5 Å². The molecule has 0 saturated carbocycles. The minimum absolute atomic E-state index is 0. The summed E-state index contributed by atoms with van der Waals surface area (Å²) in [6.45, 7) is 7.49. The summed E-state index contributed by atoms with van der Waals surface area (Å²) in [6.07, 6.45) is 6.28. The summed E-state index contributed by atoms with van der Waals surface area (Å²) in [5.41, 5.74) is 0. The SMILES string of the molecule is CC1CCCCN1CCCCNC(=O)C1COCCN1.Cl.Cl. The Morgan fingerprint density at radius 3 is 2.82 bits per heavy atom. The smallest absolute Gasteiger partial charge is 0.239 e. The summed E-state index contributed by atoms with van der Waals surface area (Å²) in [5.74, 6) is 0.0797. The highest BCUT2D eigenvalue weighted by Gasteiger charge is 2.20. The zero-order chi connectivity index (χ0) is 14.2. The minimum atomic E-state index is -0.161. The molecule has 2 saturated heterocycles. The Kier molecular flexibility index (Phi) is 12.3. The lowest BCUT2D eigenvalue weighted by Gasteiger charge is -2.33. The maximum atomic E-state index is 11.9. The van der Waals surface area contributed by atoms with Gasteiger partial charge in [-0.05, 0) is 45.7 Å². The molecule has 2 aliphatic rings. The number of hydrogen-bond donors (Lipinski definition) is 2. The van der Waals surface area contributed by atoms with Crippen LogP contribution in [0.25, 0.3) is 0 Å². The number of nitrogens with one attached hydrogen (secondary N) is 2. The molecule has 0 bridgehead atoms. The van der Waals surface area contributed by atoms with Crippen molar-refractivity contribution in [3.05, 3.63) is 0 Å². The highest BCUT2D eigenvalue weighted by molar-refractivity contribution is 5.85. The van der Waals surface area contributed by atoms with E-state index in [1.54, 1.807) is 0 Å². The van der Waals surface area contributed by atoms with Gasteiger partial charge in [0.1, 0.15) is 6.04 Å². The number of ether oxygens (including phenoxy) is 1. The lowest BCUT2D eigenvalue weighted by Crippen LogP contribution is -2.51. The molecule has 0 radical (unpaired) electrons. The van der Waals surface area contributed by atoms with Crippen LogP contribution in [-0.2, 0) is 9.53 Å². The van der Waals surface area contributed by atoms with E-state index in [0.717, 1.165) is 25.6 Å². The van der Waals surface area contributed by atoms with E-state index in [4.69, 9.17) is 4.74 Å². The number of rotatable bonds is 6. The third-order valence-electron chi connectivity index (χ3n) is 4.35. The van der Waals surface area contributed by atoms with Crippen LogP contribution >= 0.6 is 24.8 Å².